The molecule has 4 rings (SSSR count). The van der Waals surface area contributed by atoms with E-state index in [4.69, 9.17) is 20.8 Å². The molecule has 28 heavy (non-hydrogen) atoms. The predicted molar refractivity (Wildman–Crippen MR) is 108 cm³/mol. The van der Waals surface area contributed by atoms with Gasteiger partial charge in [-0.3, -0.25) is 9.48 Å². The van der Waals surface area contributed by atoms with Crippen LogP contribution in [0, 0.1) is 19.8 Å². The van der Waals surface area contributed by atoms with Crippen molar-refractivity contribution in [2.75, 3.05) is 13.2 Å². The molecule has 0 bridgehead atoms. The number of aromatic nitrogens is 2. The van der Waals surface area contributed by atoms with Crippen LogP contribution in [0.3, 0.4) is 0 Å². The molecule has 3 heterocycles. The van der Waals surface area contributed by atoms with Crippen molar-refractivity contribution in [3.8, 4) is 0 Å². The molecule has 2 aromatic heterocycles. The van der Waals surface area contributed by atoms with Crippen molar-refractivity contribution in [2.24, 2.45) is 5.92 Å². The number of rotatable bonds is 5. The number of amides is 1. The number of hydrogen-bond acceptors (Lipinski definition) is 4. The number of nitrogens with one attached hydrogen (secondary N) is 1. The van der Waals surface area contributed by atoms with Gasteiger partial charge < -0.3 is 14.5 Å². The van der Waals surface area contributed by atoms with Gasteiger partial charge in [0.05, 0.1) is 5.52 Å². The van der Waals surface area contributed by atoms with Crippen LogP contribution < -0.4 is 5.32 Å². The number of aryl methyl sites for hydroxylation is 2. The van der Waals surface area contributed by atoms with Crippen LogP contribution in [0.1, 0.15) is 40.4 Å². The zero-order valence-corrected chi connectivity index (χ0v) is 16.9. The third-order valence-corrected chi connectivity index (χ3v) is 5.52. The average Bonchev–Trinajstić information content (AvgIpc) is 3.19. The van der Waals surface area contributed by atoms with Gasteiger partial charge in [-0.2, -0.15) is 5.10 Å². The molecule has 1 fully saturated rings. The van der Waals surface area contributed by atoms with Crippen molar-refractivity contribution >= 4 is 28.4 Å². The Bertz CT molecular complexity index is 1000. The second-order valence-corrected chi connectivity index (χ2v) is 7.81. The quantitative estimate of drug-likeness (QED) is 0.693. The van der Waals surface area contributed by atoms with Crippen LogP contribution in [0.15, 0.2) is 28.7 Å². The van der Waals surface area contributed by atoms with Gasteiger partial charge >= 0.3 is 0 Å². The van der Waals surface area contributed by atoms with Crippen molar-refractivity contribution in [1.29, 1.82) is 0 Å². The van der Waals surface area contributed by atoms with Crippen LogP contribution in [-0.2, 0) is 17.8 Å². The van der Waals surface area contributed by atoms with Gasteiger partial charge in [0.1, 0.15) is 11.5 Å². The Balaban J connectivity index is 1.59. The lowest BCUT2D eigenvalue weighted by atomic mass is 10.0. The molecule has 3 aromatic rings. The Morgan fingerprint density at radius 2 is 2.07 bits per heavy atom. The lowest BCUT2D eigenvalue weighted by Crippen LogP contribution is -2.24. The van der Waals surface area contributed by atoms with Gasteiger partial charge in [0, 0.05) is 42.3 Å². The molecule has 1 aliphatic rings. The number of hydrogen-bond donors (Lipinski definition) is 1. The summed E-state index contributed by atoms with van der Waals surface area (Å²) in [4.78, 5) is 12.9. The van der Waals surface area contributed by atoms with Crippen LogP contribution >= 0.6 is 11.6 Å². The van der Waals surface area contributed by atoms with Gasteiger partial charge in [0.25, 0.3) is 5.91 Å². The van der Waals surface area contributed by atoms with Crippen molar-refractivity contribution in [2.45, 2.75) is 39.8 Å². The van der Waals surface area contributed by atoms with E-state index in [1.807, 2.05) is 42.8 Å². The lowest BCUT2D eigenvalue weighted by Gasteiger charge is -2.22. The summed E-state index contributed by atoms with van der Waals surface area (Å²) >= 11 is 6.20. The van der Waals surface area contributed by atoms with E-state index in [1.54, 1.807) is 0 Å². The molecule has 0 radical (unpaired) electrons. The summed E-state index contributed by atoms with van der Waals surface area (Å²) in [6, 6.07) is 7.52. The predicted octanol–water partition coefficient (Wildman–Crippen LogP) is 4.26. The SMILES string of the molecule is Cc1cc(CNC(=O)c2nn(CC3CCOCC3)c3ccc(Cl)cc23)c(C)o1. The van der Waals surface area contributed by atoms with E-state index in [9.17, 15) is 4.79 Å². The number of furan rings is 1. The molecule has 1 N–H and O–H groups in total. The lowest BCUT2D eigenvalue weighted by molar-refractivity contribution is 0.0604. The van der Waals surface area contributed by atoms with Crippen LogP contribution in [0.5, 0.6) is 0 Å². The number of ether oxygens (including phenoxy) is 1. The Kier molecular flexibility index (Phi) is 5.42. The maximum Gasteiger partial charge on any atom is 0.272 e. The molecule has 148 valence electrons. The Morgan fingerprint density at radius 1 is 1.29 bits per heavy atom. The number of halogens is 1. The first kappa shape index (κ1) is 19.0. The maximum atomic E-state index is 12.9. The fourth-order valence-electron chi connectivity index (χ4n) is 3.75. The van der Waals surface area contributed by atoms with E-state index in [0.29, 0.717) is 23.2 Å². The summed E-state index contributed by atoms with van der Waals surface area (Å²) < 4.78 is 12.9. The third-order valence-electron chi connectivity index (χ3n) is 5.28. The van der Waals surface area contributed by atoms with E-state index in [0.717, 1.165) is 60.6 Å². The second-order valence-electron chi connectivity index (χ2n) is 7.37. The summed E-state index contributed by atoms with van der Waals surface area (Å²) in [5.41, 5.74) is 2.30. The zero-order valence-electron chi connectivity index (χ0n) is 16.1. The van der Waals surface area contributed by atoms with E-state index in [-0.39, 0.29) is 5.91 Å². The van der Waals surface area contributed by atoms with Gasteiger partial charge in [-0.05, 0) is 56.9 Å². The highest BCUT2D eigenvalue weighted by molar-refractivity contribution is 6.31. The number of benzene rings is 1. The molecule has 0 spiro atoms. The number of fused-ring (bicyclic) bond motifs is 1. The minimum absolute atomic E-state index is 0.212. The van der Waals surface area contributed by atoms with Gasteiger partial charge in [-0.15, -0.1) is 0 Å². The van der Waals surface area contributed by atoms with Gasteiger partial charge in [0.15, 0.2) is 5.69 Å². The fourth-order valence-corrected chi connectivity index (χ4v) is 3.92. The summed E-state index contributed by atoms with van der Waals surface area (Å²) in [7, 11) is 0. The van der Waals surface area contributed by atoms with Crippen LogP contribution in [0.25, 0.3) is 10.9 Å². The molecule has 0 saturated carbocycles. The molecule has 0 atom stereocenters. The van der Waals surface area contributed by atoms with E-state index in [1.165, 1.54) is 0 Å². The van der Waals surface area contributed by atoms with Crippen LogP contribution in [-0.4, -0.2) is 28.9 Å². The molecule has 6 nitrogen and oxygen atoms in total. The minimum Gasteiger partial charge on any atom is -0.466 e. The summed E-state index contributed by atoms with van der Waals surface area (Å²) in [5, 5.41) is 8.97. The zero-order chi connectivity index (χ0) is 19.7. The third kappa shape index (κ3) is 3.93. The van der Waals surface area contributed by atoms with Gasteiger partial charge in [-0.25, -0.2) is 0 Å². The van der Waals surface area contributed by atoms with Gasteiger partial charge in [0.2, 0.25) is 0 Å². The van der Waals surface area contributed by atoms with Crippen molar-refractivity contribution in [3.05, 3.63) is 52.1 Å². The van der Waals surface area contributed by atoms with E-state index >= 15 is 0 Å². The molecule has 1 aromatic carbocycles. The smallest absolute Gasteiger partial charge is 0.272 e. The molecule has 1 amide bonds. The Hall–Kier alpha value is -2.31. The normalized spacial score (nSPS) is 15.2. The van der Waals surface area contributed by atoms with Crippen molar-refractivity contribution in [3.63, 3.8) is 0 Å². The van der Waals surface area contributed by atoms with E-state index < -0.39 is 0 Å². The molecule has 1 aliphatic heterocycles. The first-order valence-corrected chi connectivity index (χ1v) is 9.97. The number of nitrogens with zero attached hydrogens (tertiary/aromatic N) is 2. The summed E-state index contributed by atoms with van der Waals surface area (Å²) in [6.45, 7) is 6.53. The first-order chi connectivity index (χ1) is 13.5. The molecule has 7 heteroatoms. The first-order valence-electron chi connectivity index (χ1n) is 9.59. The van der Waals surface area contributed by atoms with Crippen molar-refractivity contribution in [1.82, 2.24) is 15.1 Å². The number of carbonyl (C=O) groups excluding carboxylic acids is 1. The highest BCUT2D eigenvalue weighted by Gasteiger charge is 2.21. The molecular weight excluding hydrogens is 378 g/mol. The molecular formula is C21H24ClN3O3. The maximum absolute atomic E-state index is 12.9. The standard InChI is InChI=1S/C21H24ClN3O3/c1-13-9-16(14(2)28-13)11-23-21(26)20-18-10-17(22)3-4-19(18)25(24-20)12-15-5-7-27-8-6-15/h3-4,9-10,15H,5-8,11-12H2,1-2H3,(H,23,26). The Morgan fingerprint density at radius 3 is 2.79 bits per heavy atom. The summed E-state index contributed by atoms with van der Waals surface area (Å²) in [5.74, 6) is 1.94. The van der Waals surface area contributed by atoms with Crippen LogP contribution in [0.4, 0.5) is 0 Å². The monoisotopic (exact) mass is 401 g/mol. The highest BCUT2D eigenvalue weighted by atomic mass is 35.5. The molecule has 0 unspecified atom stereocenters. The minimum atomic E-state index is -0.212. The second kappa shape index (κ2) is 7.97. The van der Waals surface area contributed by atoms with Crippen LogP contribution in [0.2, 0.25) is 5.02 Å². The van der Waals surface area contributed by atoms with E-state index in [2.05, 4.69) is 10.4 Å². The summed E-state index contributed by atoms with van der Waals surface area (Å²) in [6.07, 6.45) is 2.02. The largest absolute Gasteiger partial charge is 0.466 e. The topological polar surface area (TPSA) is 69.3 Å². The fraction of sp³-hybridized carbons (Fsp3) is 0.429. The van der Waals surface area contributed by atoms with Gasteiger partial charge in [-0.1, -0.05) is 11.6 Å². The number of carbonyl (C=O) groups is 1. The molecule has 0 aliphatic carbocycles. The average molecular weight is 402 g/mol. The highest BCUT2D eigenvalue weighted by Crippen LogP contribution is 2.26. The Labute approximate surface area is 168 Å². The molecule has 1 saturated heterocycles. The van der Waals surface area contributed by atoms with Crippen molar-refractivity contribution < 1.29 is 13.9 Å².